The summed E-state index contributed by atoms with van der Waals surface area (Å²) in [6.07, 6.45) is 1.64. The average Bonchev–Trinajstić information content (AvgIpc) is 2.05. The summed E-state index contributed by atoms with van der Waals surface area (Å²) in [6.45, 7) is 3.94. The first kappa shape index (κ1) is 11.7. The van der Waals surface area contributed by atoms with Crippen molar-refractivity contribution in [1.29, 1.82) is 0 Å². The van der Waals surface area contributed by atoms with Gasteiger partial charge in [0.1, 0.15) is 5.82 Å². The summed E-state index contributed by atoms with van der Waals surface area (Å²) in [6, 6.07) is 4.73. The number of hydrogen-bond acceptors (Lipinski definition) is 1. The number of nitrogens with two attached hydrogens (primary N) is 1. The molecule has 0 heterocycles. The smallest absolute Gasteiger partial charge is 0.123 e. The van der Waals surface area contributed by atoms with Crippen molar-refractivity contribution >= 4 is 15.9 Å². The fraction of sp³-hybridized carbons (Fsp3) is 0.455. The van der Waals surface area contributed by atoms with Crippen molar-refractivity contribution in [2.24, 2.45) is 5.73 Å². The molecular weight excluding hydrogens is 245 g/mol. The van der Waals surface area contributed by atoms with Gasteiger partial charge in [-0.2, -0.15) is 0 Å². The maximum atomic E-state index is 12.9. The van der Waals surface area contributed by atoms with E-state index in [0.717, 1.165) is 22.9 Å². The Morgan fingerprint density at radius 3 is 2.64 bits per heavy atom. The van der Waals surface area contributed by atoms with Crippen LogP contribution in [0.1, 0.15) is 25.8 Å². The Bertz CT molecular complexity index is 318. The first-order valence-electron chi connectivity index (χ1n) is 4.61. The molecule has 0 saturated carbocycles. The molecule has 2 N–H and O–H groups in total. The molecule has 0 fully saturated rings. The number of rotatable bonds is 3. The Kier molecular flexibility index (Phi) is 3.67. The van der Waals surface area contributed by atoms with E-state index < -0.39 is 0 Å². The molecule has 0 saturated heterocycles. The van der Waals surface area contributed by atoms with Crippen LogP contribution in [0.2, 0.25) is 0 Å². The SMILES string of the molecule is CC(C)(N)CCc1cc(F)ccc1Br. The molecule has 14 heavy (non-hydrogen) atoms. The molecule has 0 spiro atoms. The summed E-state index contributed by atoms with van der Waals surface area (Å²) in [5, 5.41) is 0. The van der Waals surface area contributed by atoms with Crippen LogP contribution in [0.25, 0.3) is 0 Å². The highest BCUT2D eigenvalue weighted by Gasteiger charge is 2.11. The molecule has 1 nitrogen and oxygen atoms in total. The summed E-state index contributed by atoms with van der Waals surface area (Å²) in [4.78, 5) is 0. The molecule has 3 heteroatoms. The zero-order chi connectivity index (χ0) is 10.8. The lowest BCUT2D eigenvalue weighted by molar-refractivity contribution is 0.475. The Balaban J connectivity index is 2.72. The molecule has 1 rings (SSSR count). The quantitative estimate of drug-likeness (QED) is 0.886. The lowest BCUT2D eigenvalue weighted by Crippen LogP contribution is -2.32. The number of benzene rings is 1. The van der Waals surface area contributed by atoms with Gasteiger partial charge in [-0.25, -0.2) is 4.39 Å². The highest BCUT2D eigenvalue weighted by atomic mass is 79.9. The Hall–Kier alpha value is -0.410. The van der Waals surface area contributed by atoms with Crippen LogP contribution in [0, 0.1) is 5.82 Å². The Labute approximate surface area is 92.6 Å². The highest BCUT2D eigenvalue weighted by molar-refractivity contribution is 9.10. The van der Waals surface area contributed by atoms with E-state index in [1.807, 2.05) is 13.8 Å². The average molecular weight is 260 g/mol. The van der Waals surface area contributed by atoms with Crippen LogP contribution in [-0.2, 0) is 6.42 Å². The first-order valence-corrected chi connectivity index (χ1v) is 5.40. The molecule has 0 aliphatic carbocycles. The fourth-order valence-electron chi connectivity index (χ4n) is 1.19. The van der Waals surface area contributed by atoms with Crippen molar-refractivity contribution in [2.45, 2.75) is 32.2 Å². The second-order valence-electron chi connectivity index (χ2n) is 4.22. The summed E-state index contributed by atoms with van der Waals surface area (Å²) in [7, 11) is 0. The minimum absolute atomic E-state index is 0.196. The van der Waals surface area contributed by atoms with E-state index in [1.165, 1.54) is 6.07 Å². The minimum Gasteiger partial charge on any atom is -0.326 e. The van der Waals surface area contributed by atoms with Crippen LogP contribution in [0.15, 0.2) is 22.7 Å². The van der Waals surface area contributed by atoms with Crippen molar-refractivity contribution in [3.63, 3.8) is 0 Å². The molecule has 0 atom stereocenters. The fourth-order valence-corrected chi connectivity index (χ4v) is 1.64. The summed E-state index contributed by atoms with van der Waals surface area (Å²) in [5.74, 6) is -0.196. The summed E-state index contributed by atoms with van der Waals surface area (Å²) in [5.41, 5.74) is 6.64. The minimum atomic E-state index is -0.203. The lowest BCUT2D eigenvalue weighted by atomic mass is 9.96. The molecule has 1 aromatic carbocycles. The van der Waals surface area contributed by atoms with Gasteiger partial charge in [0.2, 0.25) is 0 Å². The van der Waals surface area contributed by atoms with Crippen LogP contribution in [0.3, 0.4) is 0 Å². The van der Waals surface area contributed by atoms with Gasteiger partial charge >= 0.3 is 0 Å². The number of hydrogen-bond donors (Lipinski definition) is 1. The molecule has 0 aliphatic heterocycles. The third-order valence-electron chi connectivity index (χ3n) is 2.05. The summed E-state index contributed by atoms with van der Waals surface area (Å²) >= 11 is 3.39. The van der Waals surface area contributed by atoms with Crippen molar-refractivity contribution in [2.75, 3.05) is 0 Å². The molecule has 78 valence electrons. The standard InChI is InChI=1S/C11H15BrFN/c1-11(2,14)6-5-8-7-9(13)3-4-10(8)12/h3-4,7H,5-6,14H2,1-2H3. The van der Waals surface area contributed by atoms with E-state index in [9.17, 15) is 4.39 Å². The molecule has 0 aromatic heterocycles. The summed E-state index contributed by atoms with van der Waals surface area (Å²) < 4.78 is 13.9. The van der Waals surface area contributed by atoms with Crippen LogP contribution < -0.4 is 5.73 Å². The molecule has 0 bridgehead atoms. The van der Waals surface area contributed by atoms with Crippen molar-refractivity contribution in [3.8, 4) is 0 Å². The molecule has 0 aliphatic rings. The Morgan fingerprint density at radius 1 is 1.43 bits per heavy atom. The second kappa shape index (κ2) is 4.41. The van der Waals surface area contributed by atoms with Gasteiger partial charge in [0.05, 0.1) is 0 Å². The van der Waals surface area contributed by atoms with E-state index in [-0.39, 0.29) is 11.4 Å². The van der Waals surface area contributed by atoms with Gasteiger partial charge in [-0.3, -0.25) is 0 Å². The lowest BCUT2D eigenvalue weighted by Gasteiger charge is -2.18. The van der Waals surface area contributed by atoms with Gasteiger partial charge in [-0.15, -0.1) is 0 Å². The van der Waals surface area contributed by atoms with Gasteiger partial charge < -0.3 is 5.73 Å². The van der Waals surface area contributed by atoms with E-state index in [2.05, 4.69) is 15.9 Å². The van der Waals surface area contributed by atoms with E-state index >= 15 is 0 Å². The third-order valence-corrected chi connectivity index (χ3v) is 2.82. The van der Waals surface area contributed by atoms with Crippen LogP contribution in [0.5, 0.6) is 0 Å². The molecule has 0 amide bonds. The van der Waals surface area contributed by atoms with Crippen molar-refractivity contribution in [1.82, 2.24) is 0 Å². The maximum Gasteiger partial charge on any atom is 0.123 e. The Morgan fingerprint density at radius 2 is 2.07 bits per heavy atom. The van der Waals surface area contributed by atoms with Crippen LogP contribution in [0.4, 0.5) is 4.39 Å². The zero-order valence-electron chi connectivity index (χ0n) is 8.48. The largest absolute Gasteiger partial charge is 0.326 e. The zero-order valence-corrected chi connectivity index (χ0v) is 10.1. The van der Waals surface area contributed by atoms with E-state index in [1.54, 1.807) is 12.1 Å². The second-order valence-corrected chi connectivity index (χ2v) is 5.08. The van der Waals surface area contributed by atoms with Crippen molar-refractivity contribution < 1.29 is 4.39 Å². The van der Waals surface area contributed by atoms with Gasteiger partial charge in [-0.1, -0.05) is 15.9 Å². The topological polar surface area (TPSA) is 26.0 Å². The third kappa shape index (κ3) is 3.76. The van der Waals surface area contributed by atoms with Gasteiger partial charge in [0.15, 0.2) is 0 Å². The first-order chi connectivity index (χ1) is 6.38. The normalized spacial score (nSPS) is 11.8. The van der Waals surface area contributed by atoms with Gasteiger partial charge in [0, 0.05) is 10.0 Å². The monoisotopic (exact) mass is 259 g/mol. The van der Waals surface area contributed by atoms with Gasteiger partial charge in [-0.05, 0) is 50.5 Å². The van der Waals surface area contributed by atoms with E-state index in [4.69, 9.17) is 5.73 Å². The predicted molar refractivity (Wildman–Crippen MR) is 60.7 cm³/mol. The van der Waals surface area contributed by atoms with E-state index in [0.29, 0.717) is 0 Å². The predicted octanol–water partition coefficient (Wildman–Crippen LogP) is 3.26. The van der Waals surface area contributed by atoms with Crippen LogP contribution in [-0.4, -0.2) is 5.54 Å². The van der Waals surface area contributed by atoms with Crippen molar-refractivity contribution in [3.05, 3.63) is 34.1 Å². The van der Waals surface area contributed by atoms with Gasteiger partial charge in [0.25, 0.3) is 0 Å². The number of halogens is 2. The van der Waals surface area contributed by atoms with Crippen LogP contribution >= 0.6 is 15.9 Å². The molecule has 0 unspecified atom stereocenters. The number of aryl methyl sites for hydroxylation is 1. The molecule has 0 radical (unpaired) electrons. The molecule has 1 aromatic rings. The maximum absolute atomic E-state index is 12.9. The molecular formula is C11H15BrFN. The highest BCUT2D eigenvalue weighted by Crippen LogP contribution is 2.21.